The van der Waals surface area contributed by atoms with Crippen LogP contribution in [0.4, 0.5) is 5.69 Å². The van der Waals surface area contributed by atoms with Crippen LogP contribution in [0.3, 0.4) is 0 Å². The van der Waals surface area contributed by atoms with Crippen molar-refractivity contribution in [3.8, 4) is 0 Å². The molecule has 1 aromatic heterocycles. The third-order valence-corrected chi connectivity index (χ3v) is 2.73. The molecule has 0 atom stereocenters. The van der Waals surface area contributed by atoms with Gasteiger partial charge in [0.2, 0.25) is 0 Å². The minimum Gasteiger partial charge on any atom is -0.301 e. The van der Waals surface area contributed by atoms with E-state index in [1.165, 1.54) is 13.1 Å². The van der Waals surface area contributed by atoms with Crippen LogP contribution in [0.25, 0.3) is 12.2 Å². The zero-order chi connectivity index (χ0) is 14.7. The molecule has 1 aromatic carbocycles. The van der Waals surface area contributed by atoms with Crippen molar-refractivity contribution in [1.82, 2.24) is 9.55 Å². The van der Waals surface area contributed by atoms with Gasteiger partial charge < -0.3 is 4.98 Å². The zero-order valence-corrected chi connectivity index (χ0v) is 10.6. The molecule has 1 heterocycles. The molecule has 20 heavy (non-hydrogen) atoms. The molecule has 0 aliphatic rings. The van der Waals surface area contributed by atoms with Gasteiger partial charge in [-0.15, -0.1) is 0 Å². The maximum atomic E-state index is 11.7. The number of hydrogen-bond acceptors (Lipinski definition) is 4. The number of aromatic amines is 1. The predicted octanol–water partition coefficient (Wildman–Crippen LogP) is 1.15. The van der Waals surface area contributed by atoms with Crippen LogP contribution in [0.5, 0.6) is 0 Å². The standard InChI is InChI=1S/C13H11N3O4/c1-15-12(17)11(16(19)20)10(14-13(15)18)8-7-9-5-3-2-4-6-9/h2-8H,1H3,(H,14,18)/b8-7+. The normalized spacial score (nSPS) is 10.8. The van der Waals surface area contributed by atoms with E-state index in [0.717, 1.165) is 5.56 Å². The van der Waals surface area contributed by atoms with Crippen LogP contribution in [0.2, 0.25) is 0 Å². The highest BCUT2D eigenvalue weighted by atomic mass is 16.6. The number of rotatable bonds is 3. The zero-order valence-electron chi connectivity index (χ0n) is 10.6. The SMILES string of the molecule is Cn1c(=O)[nH]c(/C=C/c2ccccc2)c([N+](=O)[O-])c1=O. The van der Waals surface area contributed by atoms with Crippen LogP contribution >= 0.6 is 0 Å². The molecule has 0 unspecified atom stereocenters. The maximum absolute atomic E-state index is 11.7. The number of nitrogens with zero attached hydrogens (tertiary/aromatic N) is 2. The Balaban J connectivity index is 2.58. The molecule has 0 aliphatic carbocycles. The summed E-state index contributed by atoms with van der Waals surface area (Å²) in [6.07, 6.45) is 2.92. The summed E-state index contributed by atoms with van der Waals surface area (Å²) in [5.41, 5.74) is -1.62. The first-order chi connectivity index (χ1) is 9.50. The Morgan fingerprint density at radius 3 is 2.45 bits per heavy atom. The quantitative estimate of drug-likeness (QED) is 0.670. The molecule has 2 rings (SSSR count). The highest BCUT2D eigenvalue weighted by molar-refractivity contribution is 5.71. The second kappa shape index (κ2) is 5.35. The third kappa shape index (κ3) is 2.56. The summed E-state index contributed by atoms with van der Waals surface area (Å²) in [6.45, 7) is 0. The van der Waals surface area contributed by atoms with Crippen LogP contribution in [0.1, 0.15) is 11.3 Å². The molecule has 0 spiro atoms. The van der Waals surface area contributed by atoms with Crippen molar-refractivity contribution < 1.29 is 4.92 Å². The first-order valence-electron chi connectivity index (χ1n) is 5.71. The van der Waals surface area contributed by atoms with Crippen LogP contribution in [0.15, 0.2) is 39.9 Å². The molecule has 0 amide bonds. The van der Waals surface area contributed by atoms with E-state index in [4.69, 9.17) is 0 Å². The van der Waals surface area contributed by atoms with Crippen molar-refractivity contribution in [3.05, 3.63) is 72.5 Å². The topological polar surface area (TPSA) is 98.0 Å². The van der Waals surface area contributed by atoms with E-state index in [0.29, 0.717) is 4.57 Å². The molecule has 1 N–H and O–H groups in total. The van der Waals surface area contributed by atoms with Gasteiger partial charge in [0.1, 0.15) is 5.69 Å². The Bertz CT molecular complexity index is 787. The van der Waals surface area contributed by atoms with E-state index in [2.05, 4.69) is 4.98 Å². The average Bonchev–Trinajstić information content (AvgIpc) is 2.43. The Labute approximate surface area is 113 Å². The van der Waals surface area contributed by atoms with Crippen LogP contribution in [-0.4, -0.2) is 14.5 Å². The fourth-order valence-corrected chi connectivity index (χ4v) is 1.67. The van der Waals surface area contributed by atoms with Crippen molar-refractivity contribution in [2.24, 2.45) is 7.05 Å². The molecule has 2 aromatic rings. The minimum atomic E-state index is -0.938. The molecule has 0 radical (unpaired) electrons. The Kier molecular flexibility index (Phi) is 3.60. The Morgan fingerprint density at radius 2 is 1.85 bits per heavy atom. The van der Waals surface area contributed by atoms with E-state index < -0.39 is 21.9 Å². The van der Waals surface area contributed by atoms with Crippen molar-refractivity contribution >= 4 is 17.8 Å². The lowest BCUT2D eigenvalue weighted by Gasteiger charge is -2.00. The Morgan fingerprint density at radius 1 is 1.20 bits per heavy atom. The molecule has 0 aliphatic heterocycles. The summed E-state index contributed by atoms with van der Waals surface area (Å²) in [4.78, 5) is 35.7. The van der Waals surface area contributed by atoms with Gasteiger partial charge in [-0.05, 0) is 11.6 Å². The van der Waals surface area contributed by atoms with Crippen LogP contribution in [-0.2, 0) is 7.05 Å². The first kappa shape index (κ1) is 13.5. The van der Waals surface area contributed by atoms with Gasteiger partial charge in [-0.25, -0.2) is 4.79 Å². The number of H-pyrrole nitrogens is 1. The monoisotopic (exact) mass is 273 g/mol. The average molecular weight is 273 g/mol. The summed E-state index contributed by atoms with van der Waals surface area (Å²) in [5, 5.41) is 11.0. The Hall–Kier alpha value is -2.96. The second-order valence-electron chi connectivity index (χ2n) is 4.06. The summed E-state index contributed by atoms with van der Waals surface area (Å²) >= 11 is 0. The fourth-order valence-electron chi connectivity index (χ4n) is 1.67. The maximum Gasteiger partial charge on any atom is 0.357 e. The summed E-state index contributed by atoms with van der Waals surface area (Å²) in [5.74, 6) is 0. The first-order valence-corrected chi connectivity index (χ1v) is 5.71. The van der Waals surface area contributed by atoms with Gasteiger partial charge in [0, 0.05) is 7.05 Å². The molecule has 7 heteroatoms. The third-order valence-electron chi connectivity index (χ3n) is 2.73. The molecule has 0 saturated carbocycles. The number of nitro groups is 1. The molecule has 0 bridgehead atoms. The van der Waals surface area contributed by atoms with E-state index in [1.54, 1.807) is 30.3 Å². The smallest absolute Gasteiger partial charge is 0.301 e. The van der Waals surface area contributed by atoms with Gasteiger partial charge in [-0.1, -0.05) is 36.4 Å². The number of nitrogens with one attached hydrogen (secondary N) is 1. The van der Waals surface area contributed by atoms with Crippen molar-refractivity contribution in [2.75, 3.05) is 0 Å². The number of benzene rings is 1. The van der Waals surface area contributed by atoms with Gasteiger partial charge >= 0.3 is 16.9 Å². The predicted molar refractivity (Wildman–Crippen MR) is 74.3 cm³/mol. The van der Waals surface area contributed by atoms with Crippen molar-refractivity contribution in [3.63, 3.8) is 0 Å². The lowest BCUT2D eigenvalue weighted by Crippen LogP contribution is -2.34. The molecular weight excluding hydrogens is 262 g/mol. The van der Waals surface area contributed by atoms with E-state index in [-0.39, 0.29) is 5.69 Å². The van der Waals surface area contributed by atoms with Gasteiger partial charge in [0.15, 0.2) is 0 Å². The lowest BCUT2D eigenvalue weighted by atomic mass is 10.2. The summed E-state index contributed by atoms with van der Waals surface area (Å²) in [6, 6.07) is 9.03. The van der Waals surface area contributed by atoms with Gasteiger partial charge in [0.05, 0.1) is 4.92 Å². The van der Waals surface area contributed by atoms with Gasteiger partial charge in [-0.3, -0.25) is 19.5 Å². The largest absolute Gasteiger partial charge is 0.357 e. The van der Waals surface area contributed by atoms with E-state index in [9.17, 15) is 19.7 Å². The minimum absolute atomic E-state index is 0.119. The summed E-state index contributed by atoms with van der Waals surface area (Å²) < 4.78 is 0.665. The summed E-state index contributed by atoms with van der Waals surface area (Å²) in [7, 11) is 1.18. The molecule has 102 valence electrons. The van der Waals surface area contributed by atoms with Crippen molar-refractivity contribution in [2.45, 2.75) is 0 Å². The van der Waals surface area contributed by atoms with E-state index in [1.807, 2.05) is 6.07 Å². The van der Waals surface area contributed by atoms with Crippen molar-refractivity contribution in [1.29, 1.82) is 0 Å². The highest BCUT2D eigenvalue weighted by Gasteiger charge is 2.20. The molecule has 0 fully saturated rings. The molecule has 7 nitrogen and oxygen atoms in total. The van der Waals surface area contributed by atoms with Crippen LogP contribution in [0, 0.1) is 10.1 Å². The fraction of sp³-hybridized carbons (Fsp3) is 0.0769. The second-order valence-corrected chi connectivity index (χ2v) is 4.06. The lowest BCUT2D eigenvalue weighted by molar-refractivity contribution is -0.387. The van der Waals surface area contributed by atoms with Crippen LogP contribution < -0.4 is 11.2 Å². The number of hydrogen-bond donors (Lipinski definition) is 1. The molecular formula is C13H11N3O4. The highest BCUT2D eigenvalue weighted by Crippen LogP contribution is 2.12. The van der Waals surface area contributed by atoms with E-state index >= 15 is 0 Å². The molecule has 0 saturated heterocycles. The van der Waals surface area contributed by atoms with Gasteiger partial charge in [-0.2, -0.15) is 0 Å². The van der Waals surface area contributed by atoms with Gasteiger partial charge in [0.25, 0.3) is 0 Å². The number of aromatic nitrogens is 2.